The number of hydrogen-bond acceptors (Lipinski definition) is 3. The van der Waals surface area contributed by atoms with Crippen LogP contribution >= 0.6 is 0 Å². The van der Waals surface area contributed by atoms with Gasteiger partial charge >= 0.3 is 0 Å². The molecule has 5 nitrogen and oxygen atoms in total. The van der Waals surface area contributed by atoms with E-state index in [1.54, 1.807) is 12.1 Å². The molecule has 0 radical (unpaired) electrons. The van der Waals surface area contributed by atoms with Gasteiger partial charge in [-0.15, -0.1) is 0 Å². The lowest BCUT2D eigenvalue weighted by Gasteiger charge is -2.18. The Kier molecular flexibility index (Phi) is 4.32. The standard InChI is InChI=1S/C17H22N2O3/c1-11(20)18-14-4-2-3-5-15(14)22-10-16(21)19-17(12-6-7-12)13-8-9-13/h2-5,12-13,17H,6-10H2,1H3,(H,18,20)(H,19,21). The average molecular weight is 302 g/mol. The van der Waals surface area contributed by atoms with Gasteiger partial charge < -0.3 is 15.4 Å². The maximum atomic E-state index is 12.1. The molecule has 2 saturated carbocycles. The van der Waals surface area contributed by atoms with Crippen LogP contribution in [0.2, 0.25) is 0 Å². The van der Waals surface area contributed by atoms with Crippen LogP contribution in [0.5, 0.6) is 5.75 Å². The third-order valence-electron chi connectivity index (χ3n) is 4.14. The predicted octanol–water partition coefficient (Wildman–Crippen LogP) is 2.33. The summed E-state index contributed by atoms with van der Waals surface area (Å²) in [4.78, 5) is 23.3. The Balaban J connectivity index is 1.53. The second-order valence-electron chi connectivity index (χ2n) is 6.23. The number of anilines is 1. The molecular weight excluding hydrogens is 280 g/mol. The van der Waals surface area contributed by atoms with Crippen LogP contribution in [0.15, 0.2) is 24.3 Å². The molecule has 1 aromatic rings. The van der Waals surface area contributed by atoms with E-state index >= 15 is 0 Å². The molecule has 0 aliphatic heterocycles. The topological polar surface area (TPSA) is 67.4 Å². The molecule has 1 aromatic carbocycles. The lowest BCUT2D eigenvalue weighted by atomic mass is 10.1. The molecule has 0 spiro atoms. The molecule has 0 unspecified atom stereocenters. The minimum absolute atomic E-state index is 0.0213. The van der Waals surface area contributed by atoms with Gasteiger partial charge in [0.25, 0.3) is 5.91 Å². The fourth-order valence-electron chi connectivity index (χ4n) is 2.79. The Bertz CT molecular complexity index is 553. The van der Waals surface area contributed by atoms with E-state index in [0.717, 1.165) is 0 Å². The summed E-state index contributed by atoms with van der Waals surface area (Å²) < 4.78 is 5.57. The zero-order chi connectivity index (χ0) is 15.5. The fraction of sp³-hybridized carbons (Fsp3) is 0.529. The number of benzene rings is 1. The van der Waals surface area contributed by atoms with Gasteiger partial charge in [0, 0.05) is 13.0 Å². The van der Waals surface area contributed by atoms with Crippen molar-refractivity contribution in [3.63, 3.8) is 0 Å². The van der Waals surface area contributed by atoms with Gasteiger partial charge in [0.1, 0.15) is 5.75 Å². The maximum absolute atomic E-state index is 12.1. The highest BCUT2D eigenvalue weighted by Crippen LogP contribution is 2.44. The number of hydrogen-bond donors (Lipinski definition) is 2. The third-order valence-corrected chi connectivity index (χ3v) is 4.14. The van der Waals surface area contributed by atoms with Crippen molar-refractivity contribution < 1.29 is 14.3 Å². The molecule has 118 valence electrons. The summed E-state index contributed by atoms with van der Waals surface area (Å²) in [6.07, 6.45) is 4.92. The average Bonchev–Trinajstić information content (AvgIpc) is 3.37. The summed E-state index contributed by atoms with van der Waals surface area (Å²) >= 11 is 0. The Hall–Kier alpha value is -2.04. The van der Waals surface area contributed by atoms with Gasteiger partial charge in [-0.1, -0.05) is 12.1 Å². The molecule has 2 N–H and O–H groups in total. The lowest BCUT2D eigenvalue weighted by molar-refractivity contribution is -0.124. The zero-order valence-electron chi connectivity index (χ0n) is 12.8. The third kappa shape index (κ3) is 4.00. The number of nitrogens with one attached hydrogen (secondary N) is 2. The second kappa shape index (κ2) is 6.38. The number of ether oxygens (including phenoxy) is 1. The monoisotopic (exact) mass is 302 g/mol. The van der Waals surface area contributed by atoms with Gasteiger partial charge in [0.2, 0.25) is 5.91 Å². The molecule has 22 heavy (non-hydrogen) atoms. The van der Waals surface area contributed by atoms with Crippen molar-refractivity contribution in [1.29, 1.82) is 0 Å². The van der Waals surface area contributed by atoms with E-state index in [0.29, 0.717) is 29.3 Å². The van der Waals surface area contributed by atoms with E-state index in [4.69, 9.17) is 4.74 Å². The van der Waals surface area contributed by atoms with Gasteiger partial charge in [0.05, 0.1) is 5.69 Å². The molecule has 0 atom stereocenters. The van der Waals surface area contributed by atoms with Crippen molar-refractivity contribution in [2.75, 3.05) is 11.9 Å². The molecule has 5 heteroatoms. The van der Waals surface area contributed by atoms with E-state index < -0.39 is 0 Å². The van der Waals surface area contributed by atoms with Crippen LogP contribution in [0.25, 0.3) is 0 Å². The van der Waals surface area contributed by atoms with E-state index in [1.807, 2.05) is 12.1 Å². The van der Waals surface area contributed by atoms with E-state index in [1.165, 1.54) is 32.6 Å². The summed E-state index contributed by atoms with van der Waals surface area (Å²) in [6, 6.07) is 7.47. The SMILES string of the molecule is CC(=O)Nc1ccccc1OCC(=O)NC(C1CC1)C1CC1. The molecule has 2 aliphatic carbocycles. The van der Waals surface area contributed by atoms with Gasteiger partial charge in [-0.05, 0) is 49.7 Å². The number of carbonyl (C=O) groups is 2. The van der Waals surface area contributed by atoms with Crippen LogP contribution in [0.1, 0.15) is 32.6 Å². The van der Waals surface area contributed by atoms with Gasteiger partial charge in [0.15, 0.2) is 6.61 Å². The highest BCUT2D eigenvalue weighted by Gasteiger charge is 2.42. The van der Waals surface area contributed by atoms with E-state index in [-0.39, 0.29) is 18.4 Å². The van der Waals surface area contributed by atoms with Crippen LogP contribution < -0.4 is 15.4 Å². The fourth-order valence-corrected chi connectivity index (χ4v) is 2.79. The van der Waals surface area contributed by atoms with Crippen molar-refractivity contribution in [3.05, 3.63) is 24.3 Å². The molecule has 0 bridgehead atoms. The first-order valence-electron chi connectivity index (χ1n) is 7.92. The number of para-hydroxylation sites is 2. The van der Waals surface area contributed by atoms with E-state index in [9.17, 15) is 9.59 Å². The van der Waals surface area contributed by atoms with Crippen molar-refractivity contribution >= 4 is 17.5 Å². The minimum Gasteiger partial charge on any atom is -0.482 e. The molecule has 3 rings (SSSR count). The zero-order valence-corrected chi connectivity index (χ0v) is 12.8. The lowest BCUT2D eigenvalue weighted by Crippen LogP contribution is -2.40. The van der Waals surface area contributed by atoms with Gasteiger partial charge in [-0.2, -0.15) is 0 Å². The number of rotatable bonds is 7. The summed E-state index contributed by atoms with van der Waals surface area (Å²) in [5.74, 6) is 1.61. The smallest absolute Gasteiger partial charge is 0.258 e. The summed E-state index contributed by atoms with van der Waals surface area (Å²) in [5.41, 5.74) is 0.587. The normalized spacial score (nSPS) is 17.2. The molecule has 0 saturated heterocycles. The van der Waals surface area contributed by atoms with Gasteiger partial charge in [-0.3, -0.25) is 9.59 Å². The Morgan fingerprint density at radius 1 is 1.18 bits per heavy atom. The van der Waals surface area contributed by atoms with Crippen LogP contribution in [0, 0.1) is 11.8 Å². The van der Waals surface area contributed by atoms with Crippen molar-refractivity contribution in [2.24, 2.45) is 11.8 Å². The van der Waals surface area contributed by atoms with Crippen LogP contribution in [-0.2, 0) is 9.59 Å². The second-order valence-corrected chi connectivity index (χ2v) is 6.23. The Morgan fingerprint density at radius 3 is 2.41 bits per heavy atom. The quantitative estimate of drug-likeness (QED) is 0.812. The highest BCUT2D eigenvalue weighted by molar-refractivity contribution is 5.90. The van der Waals surface area contributed by atoms with E-state index in [2.05, 4.69) is 10.6 Å². The first-order valence-corrected chi connectivity index (χ1v) is 7.92. The highest BCUT2D eigenvalue weighted by atomic mass is 16.5. The molecule has 0 aromatic heterocycles. The summed E-state index contributed by atoms with van der Waals surface area (Å²) in [7, 11) is 0. The van der Waals surface area contributed by atoms with Crippen molar-refractivity contribution in [1.82, 2.24) is 5.32 Å². The summed E-state index contributed by atoms with van der Waals surface area (Å²) in [6.45, 7) is 1.42. The number of amides is 2. The van der Waals surface area contributed by atoms with Crippen molar-refractivity contribution in [2.45, 2.75) is 38.6 Å². The van der Waals surface area contributed by atoms with Crippen LogP contribution in [-0.4, -0.2) is 24.5 Å². The molecule has 2 amide bonds. The predicted molar refractivity (Wildman–Crippen MR) is 83.6 cm³/mol. The first-order chi connectivity index (χ1) is 10.6. The minimum atomic E-state index is -0.164. The Morgan fingerprint density at radius 2 is 1.82 bits per heavy atom. The molecule has 0 heterocycles. The van der Waals surface area contributed by atoms with Crippen LogP contribution in [0.3, 0.4) is 0 Å². The molecular formula is C17H22N2O3. The molecule has 2 aliphatic rings. The van der Waals surface area contributed by atoms with Gasteiger partial charge in [-0.25, -0.2) is 0 Å². The molecule has 2 fully saturated rings. The largest absolute Gasteiger partial charge is 0.482 e. The van der Waals surface area contributed by atoms with Crippen molar-refractivity contribution in [3.8, 4) is 5.75 Å². The first kappa shape index (κ1) is 14.9. The maximum Gasteiger partial charge on any atom is 0.258 e. The number of carbonyl (C=O) groups excluding carboxylic acids is 2. The Labute approximate surface area is 130 Å². The summed E-state index contributed by atoms with van der Waals surface area (Å²) in [5, 5.41) is 5.82. The van der Waals surface area contributed by atoms with Crippen LogP contribution in [0.4, 0.5) is 5.69 Å².